The Kier molecular flexibility index (Phi) is 5.32. The molecule has 0 aromatic heterocycles. The summed E-state index contributed by atoms with van der Waals surface area (Å²) in [6.07, 6.45) is 4.40. The second-order valence-corrected chi connectivity index (χ2v) is 5.30. The van der Waals surface area contributed by atoms with E-state index in [1.165, 1.54) is 6.92 Å². The van der Waals surface area contributed by atoms with Gasteiger partial charge in [-0.15, -0.1) is 0 Å². The van der Waals surface area contributed by atoms with Crippen LogP contribution in [0.25, 0.3) is 0 Å². The predicted molar refractivity (Wildman–Crippen MR) is 67.6 cm³/mol. The topological polar surface area (TPSA) is 104 Å². The van der Waals surface area contributed by atoms with Gasteiger partial charge >= 0.3 is 11.9 Å². The van der Waals surface area contributed by atoms with Crippen molar-refractivity contribution in [1.29, 1.82) is 0 Å². The molecule has 19 heavy (non-hydrogen) atoms. The Bertz CT molecular complexity index is 358. The molecule has 1 amide bonds. The first-order chi connectivity index (χ1) is 8.87. The molecule has 108 valence electrons. The summed E-state index contributed by atoms with van der Waals surface area (Å²) in [4.78, 5) is 34.0. The Morgan fingerprint density at radius 3 is 2.05 bits per heavy atom. The summed E-state index contributed by atoms with van der Waals surface area (Å²) in [7, 11) is 0. The summed E-state index contributed by atoms with van der Waals surface area (Å²) in [6.45, 7) is 1.36. The summed E-state index contributed by atoms with van der Waals surface area (Å²) >= 11 is 0. The lowest BCUT2D eigenvalue weighted by Crippen LogP contribution is -2.43. The number of hydrogen-bond acceptors (Lipinski definition) is 3. The quantitative estimate of drug-likeness (QED) is 0.655. The second kappa shape index (κ2) is 6.54. The summed E-state index contributed by atoms with van der Waals surface area (Å²) < 4.78 is 0. The first kappa shape index (κ1) is 15.5. The normalized spacial score (nSPS) is 20.1. The summed E-state index contributed by atoms with van der Waals surface area (Å²) in [5, 5.41) is 20.5. The maximum atomic E-state index is 11.8. The molecule has 0 bridgehead atoms. The number of rotatable bonds is 5. The van der Waals surface area contributed by atoms with Crippen molar-refractivity contribution >= 4 is 17.8 Å². The zero-order chi connectivity index (χ0) is 14.5. The minimum atomic E-state index is -1.13. The first-order valence-electron chi connectivity index (χ1n) is 6.63. The van der Waals surface area contributed by atoms with Crippen LogP contribution >= 0.6 is 0 Å². The Labute approximate surface area is 112 Å². The maximum Gasteiger partial charge on any atom is 0.325 e. The van der Waals surface area contributed by atoms with E-state index in [4.69, 9.17) is 5.11 Å². The van der Waals surface area contributed by atoms with Crippen molar-refractivity contribution in [2.75, 3.05) is 0 Å². The van der Waals surface area contributed by atoms with Gasteiger partial charge in [0.2, 0.25) is 5.91 Å². The zero-order valence-corrected chi connectivity index (χ0v) is 11.1. The van der Waals surface area contributed by atoms with Gasteiger partial charge in [-0.3, -0.25) is 14.4 Å². The van der Waals surface area contributed by atoms with Crippen LogP contribution in [0.2, 0.25) is 0 Å². The lowest BCUT2D eigenvalue weighted by molar-refractivity contribution is -0.153. The van der Waals surface area contributed by atoms with E-state index < -0.39 is 29.3 Å². The van der Waals surface area contributed by atoms with Gasteiger partial charge in [0.15, 0.2) is 0 Å². The summed E-state index contributed by atoms with van der Waals surface area (Å²) in [5.74, 6) is -2.58. The Balaban J connectivity index is 2.70. The average molecular weight is 271 g/mol. The molecule has 1 atom stereocenters. The molecule has 6 heteroatoms. The lowest BCUT2D eigenvalue weighted by atomic mass is 9.77. The molecule has 1 rings (SSSR count). The van der Waals surface area contributed by atoms with Crippen molar-refractivity contribution in [3.8, 4) is 0 Å². The van der Waals surface area contributed by atoms with E-state index in [2.05, 4.69) is 5.32 Å². The van der Waals surface area contributed by atoms with Crippen LogP contribution in [-0.4, -0.2) is 34.1 Å². The van der Waals surface area contributed by atoms with Crippen LogP contribution in [-0.2, 0) is 14.4 Å². The fourth-order valence-corrected chi connectivity index (χ4v) is 2.53. The molecule has 3 N–H and O–H groups in total. The highest BCUT2D eigenvalue weighted by Crippen LogP contribution is 2.38. The molecule has 1 aliphatic carbocycles. The molecule has 1 unspecified atom stereocenters. The van der Waals surface area contributed by atoms with Crippen molar-refractivity contribution < 1.29 is 24.6 Å². The van der Waals surface area contributed by atoms with Gasteiger partial charge in [0.25, 0.3) is 0 Å². The number of carboxylic acid groups (broad SMARTS) is 2. The van der Waals surface area contributed by atoms with Crippen LogP contribution in [0, 0.1) is 5.41 Å². The molecule has 1 aliphatic rings. The van der Waals surface area contributed by atoms with E-state index in [9.17, 15) is 19.5 Å². The predicted octanol–water partition coefficient (Wildman–Crippen LogP) is 1.39. The van der Waals surface area contributed by atoms with Gasteiger partial charge in [0.05, 0.1) is 5.41 Å². The highest BCUT2D eigenvalue weighted by molar-refractivity contribution is 5.87. The molecule has 0 aromatic rings. The van der Waals surface area contributed by atoms with Crippen LogP contribution in [0.1, 0.15) is 51.9 Å². The Hall–Kier alpha value is -1.59. The van der Waals surface area contributed by atoms with Gasteiger partial charge in [-0.25, -0.2) is 0 Å². The van der Waals surface area contributed by atoms with Crippen LogP contribution in [0.4, 0.5) is 0 Å². The number of carbonyl (C=O) groups is 3. The minimum Gasteiger partial charge on any atom is -0.481 e. The fourth-order valence-electron chi connectivity index (χ4n) is 2.53. The van der Waals surface area contributed by atoms with E-state index in [1.807, 2.05) is 0 Å². The molecular formula is C13H21NO5. The van der Waals surface area contributed by atoms with Gasteiger partial charge in [0, 0.05) is 6.42 Å². The molecule has 0 saturated heterocycles. The molecule has 0 radical (unpaired) electrons. The Morgan fingerprint density at radius 1 is 1.11 bits per heavy atom. The SMILES string of the molecule is CC(NC(=O)CC1(C(=O)O)CCCCCC1)C(=O)O. The molecule has 6 nitrogen and oxygen atoms in total. The standard InChI is InChI=1S/C13H21NO5/c1-9(11(16)17)14-10(15)8-13(12(18)19)6-4-2-3-5-7-13/h9H,2-8H2,1H3,(H,14,15)(H,16,17)(H,18,19). The van der Waals surface area contributed by atoms with E-state index in [0.717, 1.165) is 25.7 Å². The van der Waals surface area contributed by atoms with E-state index in [0.29, 0.717) is 12.8 Å². The van der Waals surface area contributed by atoms with E-state index in [-0.39, 0.29) is 6.42 Å². The largest absolute Gasteiger partial charge is 0.481 e. The van der Waals surface area contributed by atoms with E-state index in [1.54, 1.807) is 0 Å². The van der Waals surface area contributed by atoms with Crippen LogP contribution in [0.5, 0.6) is 0 Å². The average Bonchev–Trinajstić information content (AvgIpc) is 2.55. The smallest absolute Gasteiger partial charge is 0.325 e. The molecule has 1 fully saturated rings. The number of nitrogens with one attached hydrogen (secondary N) is 1. The molecule has 0 aromatic carbocycles. The van der Waals surface area contributed by atoms with Gasteiger partial charge in [0.1, 0.15) is 6.04 Å². The molecule has 0 aliphatic heterocycles. The van der Waals surface area contributed by atoms with Crippen molar-refractivity contribution in [3.63, 3.8) is 0 Å². The number of amides is 1. The van der Waals surface area contributed by atoms with Gasteiger partial charge in [-0.05, 0) is 19.8 Å². The molecule has 0 spiro atoms. The molecule has 0 heterocycles. The number of aliphatic carboxylic acids is 2. The maximum absolute atomic E-state index is 11.8. The third kappa shape index (κ3) is 4.22. The van der Waals surface area contributed by atoms with Gasteiger partial charge in [-0.1, -0.05) is 25.7 Å². The zero-order valence-electron chi connectivity index (χ0n) is 11.1. The molecular weight excluding hydrogens is 250 g/mol. The van der Waals surface area contributed by atoms with Crippen molar-refractivity contribution in [1.82, 2.24) is 5.32 Å². The fraction of sp³-hybridized carbons (Fsp3) is 0.769. The number of carboxylic acids is 2. The van der Waals surface area contributed by atoms with Crippen molar-refractivity contribution in [2.24, 2.45) is 5.41 Å². The third-order valence-corrected chi connectivity index (χ3v) is 3.76. The minimum absolute atomic E-state index is 0.139. The molecule has 1 saturated carbocycles. The highest BCUT2D eigenvalue weighted by Gasteiger charge is 2.40. The van der Waals surface area contributed by atoms with Crippen LogP contribution in [0.3, 0.4) is 0 Å². The van der Waals surface area contributed by atoms with Crippen molar-refractivity contribution in [3.05, 3.63) is 0 Å². The summed E-state index contributed by atoms with van der Waals surface area (Å²) in [6, 6.07) is -0.996. The monoisotopic (exact) mass is 271 g/mol. The van der Waals surface area contributed by atoms with Gasteiger partial charge < -0.3 is 15.5 Å². The van der Waals surface area contributed by atoms with Crippen LogP contribution < -0.4 is 5.32 Å². The summed E-state index contributed by atoms with van der Waals surface area (Å²) in [5.41, 5.74) is -1.03. The number of carbonyl (C=O) groups excluding carboxylic acids is 1. The number of hydrogen-bond donors (Lipinski definition) is 3. The highest BCUT2D eigenvalue weighted by atomic mass is 16.4. The van der Waals surface area contributed by atoms with Crippen molar-refractivity contribution in [2.45, 2.75) is 57.9 Å². The third-order valence-electron chi connectivity index (χ3n) is 3.76. The van der Waals surface area contributed by atoms with Gasteiger partial charge in [-0.2, -0.15) is 0 Å². The Morgan fingerprint density at radius 2 is 1.63 bits per heavy atom. The van der Waals surface area contributed by atoms with E-state index >= 15 is 0 Å². The first-order valence-corrected chi connectivity index (χ1v) is 6.63. The lowest BCUT2D eigenvalue weighted by Gasteiger charge is -2.27. The van der Waals surface area contributed by atoms with Crippen LogP contribution in [0.15, 0.2) is 0 Å². The second-order valence-electron chi connectivity index (χ2n) is 5.30.